The van der Waals surface area contributed by atoms with E-state index in [2.05, 4.69) is 20.8 Å². The number of unbranched alkanes of at least 4 members (excludes halogenated alkanes) is 6. The number of ether oxygens (including phenoxy) is 8. The quantitative estimate of drug-likeness (QED) is 0.0643. The number of benzene rings is 2. The average Bonchev–Trinajstić information content (AvgIpc) is 3.19. The molecule has 0 radical (unpaired) electrons. The molecule has 10 heteroatoms. The van der Waals surface area contributed by atoms with Gasteiger partial charge in [0, 0.05) is 24.0 Å². The normalized spacial score (nSPS) is 21.0. The molecule has 312 valence electrons. The zero-order chi connectivity index (χ0) is 39.5. The second-order valence-corrected chi connectivity index (χ2v) is 16.3. The van der Waals surface area contributed by atoms with Crippen LogP contribution in [-0.4, -0.2) is 90.2 Å². The van der Waals surface area contributed by atoms with Crippen LogP contribution in [0.1, 0.15) is 131 Å². The third-order valence-corrected chi connectivity index (χ3v) is 12.0. The maximum Gasteiger partial charge on any atom is 0.338 e. The van der Waals surface area contributed by atoms with Gasteiger partial charge in [0.25, 0.3) is 0 Å². The topological polar surface area (TPSA) is 108 Å². The molecule has 3 fully saturated rings. The van der Waals surface area contributed by atoms with E-state index >= 15 is 0 Å². The van der Waals surface area contributed by atoms with E-state index in [1.54, 1.807) is 24.3 Å². The third-order valence-electron chi connectivity index (χ3n) is 12.0. The summed E-state index contributed by atoms with van der Waals surface area (Å²) in [5, 5.41) is 0. The van der Waals surface area contributed by atoms with E-state index in [1.807, 2.05) is 24.3 Å². The van der Waals surface area contributed by atoms with Crippen LogP contribution in [0.5, 0.6) is 11.5 Å². The summed E-state index contributed by atoms with van der Waals surface area (Å²) in [5.41, 5.74) is 1.52. The molecule has 56 heavy (non-hydrogen) atoms. The van der Waals surface area contributed by atoms with Gasteiger partial charge in [0.05, 0.1) is 64.0 Å². The Morgan fingerprint density at radius 2 is 1.04 bits per heavy atom. The van der Waals surface area contributed by atoms with Crippen LogP contribution in [0.4, 0.5) is 0 Å². The SMILES string of the molecule is CC[C@H]1C[C@@H](OC(=O)c2ccc(OCCCCCCOCC3(CC)COC3)cc2)CC[C@@H]1OC(=O)c1ccc(OCCCCCCOCC2(CC)COC2)cc1. The van der Waals surface area contributed by atoms with Crippen LogP contribution < -0.4 is 9.47 Å². The smallest absolute Gasteiger partial charge is 0.338 e. The molecule has 2 aromatic rings. The molecule has 0 N–H and O–H groups in total. The first-order chi connectivity index (χ1) is 27.4. The number of hydrogen-bond acceptors (Lipinski definition) is 10. The molecule has 5 rings (SSSR count). The highest BCUT2D eigenvalue weighted by molar-refractivity contribution is 5.90. The van der Waals surface area contributed by atoms with Crippen LogP contribution in [0.2, 0.25) is 0 Å². The summed E-state index contributed by atoms with van der Waals surface area (Å²) in [7, 11) is 0. The largest absolute Gasteiger partial charge is 0.494 e. The van der Waals surface area contributed by atoms with Crippen molar-refractivity contribution < 1.29 is 47.5 Å². The number of carbonyl (C=O) groups excluding carboxylic acids is 2. The lowest BCUT2D eigenvalue weighted by Crippen LogP contribution is -2.45. The second kappa shape index (κ2) is 23.3. The van der Waals surface area contributed by atoms with Gasteiger partial charge >= 0.3 is 11.9 Å². The van der Waals surface area contributed by atoms with Gasteiger partial charge in [-0.25, -0.2) is 9.59 Å². The van der Waals surface area contributed by atoms with Gasteiger partial charge in [-0.05, 0) is 131 Å². The summed E-state index contributed by atoms with van der Waals surface area (Å²) in [5.74, 6) is 0.939. The minimum absolute atomic E-state index is 0.115. The monoisotopic (exact) mass is 780 g/mol. The van der Waals surface area contributed by atoms with Crippen LogP contribution in [0.25, 0.3) is 0 Å². The Kier molecular flexibility index (Phi) is 18.3. The highest BCUT2D eigenvalue weighted by atomic mass is 16.6. The summed E-state index contributed by atoms with van der Waals surface area (Å²) in [6.07, 6.45) is 13.1. The van der Waals surface area contributed by atoms with E-state index in [0.29, 0.717) is 43.6 Å². The van der Waals surface area contributed by atoms with Crippen molar-refractivity contribution in [2.24, 2.45) is 16.7 Å². The summed E-state index contributed by atoms with van der Waals surface area (Å²) < 4.78 is 46.2. The molecule has 0 aromatic heterocycles. The van der Waals surface area contributed by atoms with Gasteiger partial charge in [0.15, 0.2) is 0 Å². The van der Waals surface area contributed by atoms with Gasteiger partial charge in [-0.15, -0.1) is 0 Å². The van der Waals surface area contributed by atoms with E-state index in [1.165, 1.54) is 0 Å². The molecule has 2 aliphatic heterocycles. The number of hydrogen-bond donors (Lipinski definition) is 0. The molecule has 2 heterocycles. The third kappa shape index (κ3) is 13.7. The summed E-state index contributed by atoms with van der Waals surface area (Å²) in [4.78, 5) is 26.1. The fourth-order valence-electron chi connectivity index (χ4n) is 7.52. The first-order valence-corrected chi connectivity index (χ1v) is 21.5. The Morgan fingerprint density at radius 3 is 1.45 bits per heavy atom. The van der Waals surface area contributed by atoms with Crippen molar-refractivity contribution in [3.05, 3.63) is 59.7 Å². The lowest BCUT2D eigenvalue weighted by molar-refractivity contribution is -0.150. The zero-order valence-corrected chi connectivity index (χ0v) is 34.4. The standard InChI is InChI=1S/C46H68O10/c1-4-36-29-41(55-43(47)37-15-19-39(20-16-37)53-27-13-9-7-11-25-49-30-45(5-2)32-51-33-45)23-24-42(36)56-44(48)38-17-21-40(22-18-38)54-28-14-10-8-12-26-50-31-46(6-3)34-52-35-46/h15-22,36,41-42H,4-14,23-35H2,1-3H3/t36-,41-,42-/m0/s1. The summed E-state index contributed by atoms with van der Waals surface area (Å²) >= 11 is 0. The fourth-order valence-corrected chi connectivity index (χ4v) is 7.52. The highest BCUT2D eigenvalue weighted by Gasteiger charge is 2.38. The lowest BCUT2D eigenvalue weighted by atomic mass is 9.83. The molecule has 0 unspecified atom stereocenters. The van der Waals surface area contributed by atoms with Crippen LogP contribution in [0.3, 0.4) is 0 Å². The molecule has 1 saturated carbocycles. The van der Waals surface area contributed by atoms with E-state index in [-0.39, 0.29) is 40.9 Å². The Labute approximate surface area is 335 Å². The molecule has 1 aliphatic carbocycles. The van der Waals surface area contributed by atoms with E-state index < -0.39 is 0 Å². The number of rotatable bonds is 27. The molecule has 3 aliphatic rings. The summed E-state index contributed by atoms with van der Waals surface area (Å²) in [6.45, 7) is 14.3. The number of esters is 2. The number of carbonyl (C=O) groups is 2. The minimum atomic E-state index is -0.337. The van der Waals surface area contributed by atoms with Crippen molar-refractivity contribution >= 4 is 11.9 Å². The van der Waals surface area contributed by atoms with Crippen LogP contribution in [0.15, 0.2) is 48.5 Å². The molecular weight excluding hydrogens is 712 g/mol. The molecular formula is C46H68O10. The van der Waals surface area contributed by atoms with Crippen molar-refractivity contribution in [2.45, 2.75) is 123 Å². The average molecular weight is 781 g/mol. The van der Waals surface area contributed by atoms with Crippen molar-refractivity contribution in [3.63, 3.8) is 0 Å². The van der Waals surface area contributed by atoms with Gasteiger partial charge in [0.2, 0.25) is 0 Å². The Balaban J connectivity index is 0.901. The second-order valence-electron chi connectivity index (χ2n) is 16.3. The Hall–Kier alpha value is -3.18. The first kappa shape index (κ1) is 43.9. The van der Waals surface area contributed by atoms with Crippen molar-refractivity contribution in [3.8, 4) is 11.5 Å². The zero-order valence-electron chi connectivity index (χ0n) is 34.4. The van der Waals surface area contributed by atoms with Crippen molar-refractivity contribution in [1.82, 2.24) is 0 Å². The molecule has 2 aromatic carbocycles. The molecule has 0 amide bonds. The minimum Gasteiger partial charge on any atom is -0.494 e. The molecule has 3 atom stereocenters. The maximum atomic E-state index is 13.1. The van der Waals surface area contributed by atoms with Crippen LogP contribution in [0, 0.1) is 16.7 Å². The highest BCUT2D eigenvalue weighted by Crippen LogP contribution is 2.34. The van der Waals surface area contributed by atoms with Crippen molar-refractivity contribution in [2.75, 3.05) is 66.1 Å². The maximum absolute atomic E-state index is 13.1. The van der Waals surface area contributed by atoms with Crippen molar-refractivity contribution in [1.29, 1.82) is 0 Å². The van der Waals surface area contributed by atoms with Gasteiger partial charge < -0.3 is 37.9 Å². The van der Waals surface area contributed by atoms with Gasteiger partial charge in [0.1, 0.15) is 23.7 Å². The molecule has 2 saturated heterocycles. The summed E-state index contributed by atoms with van der Waals surface area (Å²) in [6, 6.07) is 14.4. The molecule has 0 bridgehead atoms. The Morgan fingerprint density at radius 1 is 0.589 bits per heavy atom. The lowest BCUT2D eigenvalue weighted by Gasteiger charge is -2.40. The predicted molar refractivity (Wildman–Crippen MR) is 216 cm³/mol. The molecule has 10 nitrogen and oxygen atoms in total. The van der Waals surface area contributed by atoms with E-state index in [9.17, 15) is 9.59 Å². The van der Waals surface area contributed by atoms with Crippen LogP contribution >= 0.6 is 0 Å². The van der Waals surface area contributed by atoms with Gasteiger partial charge in [-0.3, -0.25) is 0 Å². The van der Waals surface area contributed by atoms with Gasteiger partial charge in [-0.1, -0.05) is 33.6 Å². The van der Waals surface area contributed by atoms with Crippen LogP contribution in [-0.2, 0) is 28.4 Å². The predicted octanol–water partition coefficient (Wildman–Crippen LogP) is 9.41. The van der Waals surface area contributed by atoms with E-state index in [4.69, 9.17) is 37.9 Å². The van der Waals surface area contributed by atoms with E-state index in [0.717, 1.165) is 135 Å². The first-order valence-electron chi connectivity index (χ1n) is 21.5. The van der Waals surface area contributed by atoms with Gasteiger partial charge in [-0.2, -0.15) is 0 Å². The Bertz CT molecular complexity index is 1410. The fraction of sp³-hybridized carbons (Fsp3) is 0.696. The molecule has 0 spiro atoms.